The summed E-state index contributed by atoms with van der Waals surface area (Å²) >= 11 is 0. The molecule has 1 aromatic rings. The minimum atomic E-state index is -0.0577. The summed E-state index contributed by atoms with van der Waals surface area (Å²) in [7, 11) is 0. The summed E-state index contributed by atoms with van der Waals surface area (Å²) in [4.78, 5) is 14.4. The van der Waals surface area contributed by atoms with Crippen LogP contribution in [0.2, 0.25) is 0 Å². The van der Waals surface area contributed by atoms with E-state index in [1.54, 1.807) is 41.4 Å². The molecule has 206 valence electrons. The van der Waals surface area contributed by atoms with Crippen molar-refractivity contribution in [1.29, 1.82) is 0 Å². The quantitative estimate of drug-likeness (QED) is 0.174. The number of amides is 1. The van der Waals surface area contributed by atoms with Crippen molar-refractivity contribution in [2.75, 3.05) is 13.1 Å². The average Bonchev–Trinajstić information content (AvgIpc) is 2.96. The lowest BCUT2D eigenvalue weighted by Crippen LogP contribution is -2.52. The molecule has 1 amide bonds. The van der Waals surface area contributed by atoms with E-state index >= 15 is 0 Å². The molecule has 1 fully saturated rings. The second-order valence-corrected chi connectivity index (χ2v) is 7.37. The van der Waals surface area contributed by atoms with E-state index in [1.807, 2.05) is 90.1 Å². The number of carbonyl (C=O) groups is 1. The number of rotatable bonds is 12. The van der Waals surface area contributed by atoms with Crippen LogP contribution in [0.1, 0.15) is 47.1 Å². The lowest BCUT2D eigenvalue weighted by atomic mass is 10.1. The summed E-state index contributed by atoms with van der Waals surface area (Å²) in [5.74, 6) is 1.31. The maximum Gasteiger partial charge on any atom is 0.241 e. The highest BCUT2D eigenvalue weighted by molar-refractivity contribution is 5.81. The third-order valence-corrected chi connectivity index (χ3v) is 4.94. The van der Waals surface area contributed by atoms with Gasteiger partial charge in [-0.1, -0.05) is 108 Å². The third kappa shape index (κ3) is 11.5. The largest absolute Gasteiger partial charge is 0.485 e. The predicted molar refractivity (Wildman–Crippen MR) is 162 cm³/mol. The highest BCUT2D eigenvalue weighted by Gasteiger charge is 2.27. The van der Waals surface area contributed by atoms with E-state index in [9.17, 15) is 4.79 Å². The summed E-state index contributed by atoms with van der Waals surface area (Å²) in [6.07, 6.45) is 16.0. The van der Waals surface area contributed by atoms with Crippen LogP contribution in [0.5, 0.6) is 0 Å². The molecule has 1 aromatic carbocycles. The number of nitrogens with one attached hydrogen (secondary N) is 1. The summed E-state index contributed by atoms with van der Waals surface area (Å²) in [6, 6.07) is 9.88. The number of hydrogen-bond acceptors (Lipinski definition) is 4. The van der Waals surface area contributed by atoms with Crippen molar-refractivity contribution in [3.05, 3.63) is 133 Å². The van der Waals surface area contributed by atoms with Gasteiger partial charge in [-0.25, -0.2) is 0 Å². The van der Waals surface area contributed by atoms with E-state index in [2.05, 4.69) is 25.1 Å². The van der Waals surface area contributed by atoms with Gasteiger partial charge in [0.05, 0.1) is 12.2 Å². The second kappa shape index (κ2) is 21.3. The third-order valence-electron chi connectivity index (χ3n) is 4.94. The minimum absolute atomic E-state index is 0.0399. The Morgan fingerprint density at radius 3 is 2.21 bits per heavy atom. The Morgan fingerprint density at radius 2 is 1.66 bits per heavy atom. The zero-order valence-electron chi connectivity index (χ0n) is 24.1. The van der Waals surface area contributed by atoms with Crippen LogP contribution in [0.15, 0.2) is 128 Å². The van der Waals surface area contributed by atoms with E-state index in [0.29, 0.717) is 36.1 Å². The predicted octanol–water partition coefficient (Wildman–Crippen LogP) is 7.76. The van der Waals surface area contributed by atoms with Gasteiger partial charge in [-0.3, -0.25) is 4.79 Å². The number of carbonyl (C=O) groups excluding carboxylic acids is 1. The number of piperazine rings is 1. The molecule has 1 N–H and O–H groups in total. The first-order chi connectivity index (χ1) is 18.6. The van der Waals surface area contributed by atoms with E-state index in [4.69, 9.17) is 9.47 Å². The number of hydrogen-bond donors (Lipinski definition) is 1. The topological polar surface area (TPSA) is 50.8 Å². The first-order valence-electron chi connectivity index (χ1n) is 13.2. The van der Waals surface area contributed by atoms with Crippen LogP contribution in [-0.4, -0.2) is 29.9 Å². The standard InChI is InChI=1S/C29H34N2O3.2C2H6/c1-6-11-19-28(26(10-5)33-22-23-17-13-12-14-18-23)34-27(16-8-3)25(9-4)31-21-24(15-7-2)30-20-29(31)32;2*1-2/h6-19,24,30H,1,4-5,20-22H2,2-3H3;2*1-2H3/b15-7?,16-8-,19-11-,27-25-,28-26-;;. The molecule has 0 spiro atoms. The van der Waals surface area contributed by atoms with Crippen molar-refractivity contribution in [2.45, 2.75) is 54.2 Å². The second-order valence-electron chi connectivity index (χ2n) is 7.37. The number of benzene rings is 1. The Labute approximate surface area is 230 Å². The smallest absolute Gasteiger partial charge is 0.241 e. The Hall–Kier alpha value is -3.83. The van der Waals surface area contributed by atoms with Crippen molar-refractivity contribution < 1.29 is 14.3 Å². The Morgan fingerprint density at radius 1 is 0.974 bits per heavy atom. The molecule has 1 saturated heterocycles. The molecule has 0 saturated carbocycles. The summed E-state index contributed by atoms with van der Waals surface area (Å²) < 4.78 is 12.3. The lowest BCUT2D eigenvalue weighted by molar-refractivity contribution is -0.130. The van der Waals surface area contributed by atoms with Crippen LogP contribution in [0, 0.1) is 0 Å². The van der Waals surface area contributed by atoms with Crippen molar-refractivity contribution in [3.8, 4) is 0 Å². The maximum absolute atomic E-state index is 12.8. The van der Waals surface area contributed by atoms with Crippen LogP contribution < -0.4 is 5.32 Å². The van der Waals surface area contributed by atoms with Gasteiger partial charge in [0.15, 0.2) is 17.3 Å². The van der Waals surface area contributed by atoms with Crippen LogP contribution in [0.4, 0.5) is 0 Å². The van der Waals surface area contributed by atoms with Gasteiger partial charge in [-0.2, -0.15) is 0 Å². The van der Waals surface area contributed by atoms with Crippen LogP contribution >= 0.6 is 0 Å². The van der Waals surface area contributed by atoms with E-state index < -0.39 is 0 Å². The molecule has 0 radical (unpaired) electrons. The number of allylic oxidation sites excluding steroid dienone is 8. The number of nitrogens with zero attached hydrogens (tertiary/aromatic N) is 1. The van der Waals surface area contributed by atoms with Gasteiger partial charge in [0.25, 0.3) is 0 Å². The fraction of sp³-hybridized carbons (Fsp3) is 0.303. The average molecular weight is 519 g/mol. The Kier molecular flexibility index (Phi) is 19.1. The van der Waals surface area contributed by atoms with Crippen LogP contribution in [0.25, 0.3) is 0 Å². The molecule has 0 aromatic heterocycles. The van der Waals surface area contributed by atoms with Crippen LogP contribution in [-0.2, 0) is 20.9 Å². The molecule has 0 aliphatic carbocycles. The Balaban J connectivity index is 0.00000326. The normalized spacial score (nSPS) is 16.5. The first kappa shape index (κ1) is 34.2. The fourth-order valence-corrected chi connectivity index (χ4v) is 3.34. The molecule has 5 heteroatoms. The van der Waals surface area contributed by atoms with Gasteiger partial charge in [-0.05, 0) is 43.7 Å². The molecule has 0 bridgehead atoms. The number of ether oxygens (including phenoxy) is 2. The van der Waals surface area contributed by atoms with E-state index in [-0.39, 0.29) is 18.5 Å². The van der Waals surface area contributed by atoms with Crippen LogP contribution in [0.3, 0.4) is 0 Å². The van der Waals surface area contributed by atoms with Crippen molar-refractivity contribution in [1.82, 2.24) is 10.2 Å². The summed E-state index contributed by atoms with van der Waals surface area (Å²) in [6.45, 7) is 24.5. The molecule has 2 rings (SSSR count). The van der Waals surface area contributed by atoms with Gasteiger partial charge >= 0.3 is 0 Å². The molecular formula is C33H46N2O3. The van der Waals surface area contributed by atoms with Crippen molar-refractivity contribution in [3.63, 3.8) is 0 Å². The van der Waals surface area contributed by atoms with Crippen molar-refractivity contribution in [2.24, 2.45) is 0 Å². The minimum Gasteiger partial charge on any atom is -0.485 e. The molecule has 38 heavy (non-hydrogen) atoms. The summed E-state index contributed by atoms with van der Waals surface area (Å²) in [5, 5.41) is 3.22. The van der Waals surface area contributed by atoms with Gasteiger partial charge in [0.2, 0.25) is 5.91 Å². The van der Waals surface area contributed by atoms with Gasteiger partial charge in [0, 0.05) is 12.6 Å². The molecule has 1 aliphatic heterocycles. The Bertz CT molecular complexity index is 1010. The van der Waals surface area contributed by atoms with Gasteiger partial charge in [0.1, 0.15) is 6.61 Å². The highest BCUT2D eigenvalue weighted by Crippen LogP contribution is 2.24. The maximum atomic E-state index is 12.8. The fourth-order valence-electron chi connectivity index (χ4n) is 3.34. The molecule has 5 nitrogen and oxygen atoms in total. The lowest BCUT2D eigenvalue weighted by Gasteiger charge is -2.33. The zero-order chi connectivity index (χ0) is 28.8. The van der Waals surface area contributed by atoms with Gasteiger partial charge in [-0.15, -0.1) is 0 Å². The molecule has 1 heterocycles. The molecular weight excluding hydrogens is 472 g/mol. The monoisotopic (exact) mass is 518 g/mol. The van der Waals surface area contributed by atoms with E-state index in [0.717, 1.165) is 5.56 Å². The SMILES string of the molecule is C=C/C=C\C(OC(/C=C\C)=C(/C=C)N1CC(C=CC)NCC1=O)=C(/C=C)OCc1ccccc1.CC.CC. The zero-order valence-corrected chi connectivity index (χ0v) is 24.1. The molecule has 1 unspecified atom stereocenters. The molecule has 1 aliphatic rings. The first-order valence-corrected chi connectivity index (χ1v) is 13.2. The van der Waals surface area contributed by atoms with Crippen molar-refractivity contribution >= 4 is 5.91 Å². The summed E-state index contributed by atoms with van der Waals surface area (Å²) in [5.41, 5.74) is 1.60. The highest BCUT2D eigenvalue weighted by atomic mass is 16.5. The van der Waals surface area contributed by atoms with E-state index in [1.165, 1.54) is 0 Å². The van der Waals surface area contributed by atoms with Gasteiger partial charge < -0.3 is 19.7 Å². The molecule has 1 atom stereocenters.